The minimum atomic E-state index is -0.586. The molecule has 57 heavy (non-hydrogen) atoms. The van der Waals surface area contributed by atoms with Crippen molar-refractivity contribution in [3.63, 3.8) is 0 Å². The number of hydrogen-bond donors (Lipinski definition) is 1. The Labute approximate surface area is 344 Å². The molecule has 0 bridgehead atoms. The fraction of sp³-hybridized carbons (Fsp3) is 0.0426. The van der Waals surface area contributed by atoms with E-state index in [9.17, 15) is 0 Å². The lowest BCUT2D eigenvalue weighted by Crippen LogP contribution is -2.35. The lowest BCUT2D eigenvalue weighted by molar-refractivity contribution is 0.771. The van der Waals surface area contributed by atoms with Crippen molar-refractivity contribution >= 4 is 57.0 Å². The molecule has 0 amide bonds. The SMILES string of the molecule is c1csc(C2=NC(c3cccs3)N=C(c3ccc4c(c3)C3(c5ccccc5-c5ccccc53)c3cc(-c5nc(-c6cccs6)nc(-c6cccs6)n5)ccc3-4)N2)c1. The van der Waals surface area contributed by atoms with Gasteiger partial charge in [0.2, 0.25) is 0 Å². The van der Waals surface area contributed by atoms with E-state index in [2.05, 4.69) is 148 Å². The monoisotopic (exact) mass is 804 g/mol. The summed E-state index contributed by atoms with van der Waals surface area (Å²) in [6.45, 7) is 0. The van der Waals surface area contributed by atoms with E-state index in [1.807, 2.05) is 12.1 Å². The number of fused-ring (bicyclic) bond motifs is 10. The minimum absolute atomic E-state index is 0.327. The van der Waals surface area contributed by atoms with Gasteiger partial charge < -0.3 is 5.32 Å². The van der Waals surface area contributed by atoms with E-state index in [0.717, 1.165) is 42.3 Å². The first-order chi connectivity index (χ1) is 28.2. The maximum Gasteiger partial charge on any atom is 0.178 e. The van der Waals surface area contributed by atoms with Crippen molar-refractivity contribution in [3.05, 3.63) is 193 Å². The Morgan fingerprint density at radius 2 is 0.930 bits per heavy atom. The summed E-state index contributed by atoms with van der Waals surface area (Å²) in [5.74, 6) is 3.68. The molecule has 5 aromatic heterocycles. The van der Waals surface area contributed by atoms with E-state index in [1.54, 1.807) is 45.3 Å². The van der Waals surface area contributed by atoms with Crippen molar-refractivity contribution < 1.29 is 0 Å². The second-order valence-corrected chi connectivity index (χ2v) is 17.9. The van der Waals surface area contributed by atoms with Crippen LogP contribution in [0.4, 0.5) is 0 Å². The lowest BCUT2D eigenvalue weighted by atomic mass is 9.70. The molecule has 12 rings (SSSR count). The molecule has 0 saturated carbocycles. The molecule has 270 valence electrons. The summed E-state index contributed by atoms with van der Waals surface area (Å²) >= 11 is 6.64. The molecule has 1 spiro atoms. The summed E-state index contributed by atoms with van der Waals surface area (Å²) in [5.41, 5.74) is 11.3. The Morgan fingerprint density at radius 3 is 1.53 bits per heavy atom. The van der Waals surface area contributed by atoms with Crippen molar-refractivity contribution in [2.45, 2.75) is 11.6 Å². The van der Waals surface area contributed by atoms with E-state index in [-0.39, 0.29) is 6.17 Å². The number of thiophene rings is 4. The third-order valence-corrected chi connectivity index (χ3v) is 14.6. The van der Waals surface area contributed by atoms with Crippen molar-refractivity contribution in [3.8, 4) is 55.0 Å². The number of aromatic nitrogens is 3. The van der Waals surface area contributed by atoms with Crippen LogP contribution >= 0.6 is 45.3 Å². The molecule has 1 unspecified atom stereocenters. The van der Waals surface area contributed by atoms with Gasteiger partial charge in [-0.2, -0.15) is 0 Å². The predicted octanol–water partition coefficient (Wildman–Crippen LogP) is 12.0. The molecule has 10 heteroatoms. The summed E-state index contributed by atoms with van der Waals surface area (Å²) in [5, 5.41) is 12.0. The van der Waals surface area contributed by atoms with Crippen LogP contribution in [0.15, 0.2) is 165 Å². The first kappa shape index (κ1) is 33.0. The number of amidine groups is 2. The van der Waals surface area contributed by atoms with Crippen LogP contribution < -0.4 is 5.32 Å². The predicted molar refractivity (Wildman–Crippen MR) is 236 cm³/mol. The molecule has 4 aromatic carbocycles. The van der Waals surface area contributed by atoms with Gasteiger partial charge in [-0.15, -0.1) is 45.3 Å². The van der Waals surface area contributed by atoms with E-state index < -0.39 is 5.41 Å². The largest absolute Gasteiger partial charge is 0.324 e. The topological polar surface area (TPSA) is 75.4 Å². The summed E-state index contributed by atoms with van der Waals surface area (Å²) in [6.07, 6.45) is -0.327. The molecular formula is C47H28N6S4. The zero-order chi connectivity index (χ0) is 37.5. The highest BCUT2D eigenvalue weighted by Gasteiger charge is 2.52. The molecule has 1 atom stereocenters. The fourth-order valence-electron chi connectivity index (χ4n) is 8.66. The van der Waals surface area contributed by atoms with Crippen molar-refractivity contribution in [2.75, 3.05) is 0 Å². The van der Waals surface area contributed by atoms with Crippen LogP contribution in [0.3, 0.4) is 0 Å². The Kier molecular flexibility index (Phi) is 7.49. The highest BCUT2D eigenvalue weighted by atomic mass is 32.1. The maximum absolute atomic E-state index is 5.26. The molecule has 0 saturated heterocycles. The third kappa shape index (κ3) is 5.08. The molecule has 1 N–H and O–H groups in total. The van der Waals surface area contributed by atoms with Gasteiger partial charge in [-0.1, -0.05) is 97.1 Å². The highest BCUT2D eigenvalue weighted by Crippen LogP contribution is 2.63. The number of nitrogens with one attached hydrogen (secondary N) is 1. The summed E-state index contributed by atoms with van der Waals surface area (Å²) in [4.78, 5) is 29.8. The summed E-state index contributed by atoms with van der Waals surface area (Å²) < 4.78 is 0. The Hall–Kier alpha value is -6.17. The number of hydrogen-bond acceptors (Lipinski definition) is 10. The maximum atomic E-state index is 5.26. The standard InChI is InChI=1S/C47H28N6S4/c1-3-11-33-29(9-1)30-10-2-4-12-34(30)47(33)35-25-27(41-48-43(37-13-5-21-54-37)52-44(49-41)38-14-6-22-55-38)17-19-31(35)32-20-18-28(26-36(32)47)42-50-45(39-15-7-23-56-39)53-46(51-42)40-16-8-24-57-40/h1-26,43H,(H,48,49,52). The van der Waals surface area contributed by atoms with Crippen molar-refractivity contribution in [1.82, 2.24) is 20.3 Å². The van der Waals surface area contributed by atoms with Gasteiger partial charge >= 0.3 is 0 Å². The number of nitrogens with zero attached hydrogens (tertiary/aromatic N) is 5. The Bertz CT molecular complexity index is 2950. The Morgan fingerprint density at radius 1 is 0.421 bits per heavy atom. The first-order valence-electron chi connectivity index (χ1n) is 18.6. The van der Waals surface area contributed by atoms with Gasteiger partial charge in [-0.3, -0.25) is 0 Å². The normalized spacial score (nSPS) is 15.7. The zero-order valence-electron chi connectivity index (χ0n) is 30.0. The van der Waals surface area contributed by atoms with Gasteiger partial charge in [0.05, 0.1) is 24.9 Å². The van der Waals surface area contributed by atoms with Crippen LogP contribution in [0.25, 0.3) is 55.0 Å². The molecule has 6 nitrogen and oxygen atoms in total. The van der Waals surface area contributed by atoms with Crippen LogP contribution in [0, 0.1) is 0 Å². The molecule has 1 aliphatic heterocycles. The quantitative estimate of drug-likeness (QED) is 0.182. The van der Waals surface area contributed by atoms with Gasteiger partial charge in [-0.25, -0.2) is 24.9 Å². The number of aliphatic imine (C=N–C) groups is 2. The van der Waals surface area contributed by atoms with Crippen LogP contribution in [-0.4, -0.2) is 26.6 Å². The smallest absolute Gasteiger partial charge is 0.178 e. The van der Waals surface area contributed by atoms with Crippen LogP contribution in [-0.2, 0) is 5.41 Å². The molecule has 0 radical (unpaired) electrons. The van der Waals surface area contributed by atoms with Gasteiger partial charge in [0, 0.05) is 11.1 Å². The molecule has 0 fully saturated rings. The molecule has 3 aliphatic rings. The number of benzene rings is 4. The lowest BCUT2D eigenvalue weighted by Gasteiger charge is -2.31. The first-order valence-corrected chi connectivity index (χ1v) is 22.1. The van der Waals surface area contributed by atoms with Crippen molar-refractivity contribution in [2.24, 2.45) is 9.98 Å². The van der Waals surface area contributed by atoms with Crippen LogP contribution in [0.2, 0.25) is 0 Å². The van der Waals surface area contributed by atoms with Gasteiger partial charge in [0.25, 0.3) is 0 Å². The van der Waals surface area contributed by atoms with E-state index >= 15 is 0 Å². The second-order valence-electron chi connectivity index (χ2n) is 14.1. The number of rotatable bonds is 6. The Balaban J connectivity index is 1.08. The summed E-state index contributed by atoms with van der Waals surface area (Å²) in [7, 11) is 0. The van der Waals surface area contributed by atoms with Crippen molar-refractivity contribution in [1.29, 1.82) is 0 Å². The second kappa shape index (κ2) is 12.9. The molecule has 2 aliphatic carbocycles. The average Bonchev–Trinajstić information content (AvgIpc) is 4.13. The van der Waals surface area contributed by atoms with E-state index in [0.29, 0.717) is 17.5 Å². The van der Waals surface area contributed by atoms with Crippen LogP contribution in [0.1, 0.15) is 43.7 Å². The van der Waals surface area contributed by atoms with Crippen LogP contribution in [0.5, 0.6) is 0 Å². The summed E-state index contributed by atoms with van der Waals surface area (Å²) in [6, 6.07) is 48.1. The molecular weight excluding hydrogens is 777 g/mol. The molecule has 6 heterocycles. The average molecular weight is 805 g/mol. The fourth-order valence-corrected chi connectivity index (χ4v) is 11.4. The third-order valence-electron chi connectivity index (χ3n) is 11.0. The van der Waals surface area contributed by atoms with E-state index in [1.165, 1.54) is 44.5 Å². The van der Waals surface area contributed by atoms with Gasteiger partial charge in [-0.05, 0) is 102 Å². The zero-order valence-corrected chi connectivity index (χ0v) is 33.2. The minimum Gasteiger partial charge on any atom is -0.324 e. The van der Waals surface area contributed by atoms with Gasteiger partial charge in [0.1, 0.15) is 11.7 Å². The van der Waals surface area contributed by atoms with Gasteiger partial charge in [0.15, 0.2) is 23.6 Å². The highest BCUT2D eigenvalue weighted by molar-refractivity contribution is 7.14. The van der Waals surface area contributed by atoms with E-state index in [4.69, 9.17) is 24.9 Å². The molecule has 9 aromatic rings.